The number of anilines is 3. The average Bonchev–Trinajstić information content (AvgIpc) is 3.13. The third-order valence-electron chi connectivity index (χ3n) is 9.36. The number of hydrogen-bond acceptors (Lipinski definition) is 2. The summed E-state index contributed by atoms with van der Waals surface area (Å²) in [6.45, 7) is 4.56. The van der Waals surface area contributed by atoms with Crippen LogP contribution < -0.4 is 9.64 Å². The van der Waals surface area contributed by atoms with Gasteiger partial charge in [0, 0.05) is 33.6 Å². The van der Waals surface area contributed by atoms with Gasteiger partial charge >= 0.3 is 0 Å². The van der Waals surface area contributed by atoms with Crippen LogP contribution in [0.4, 0.5) is 17.1 Å². The quantitative estimate of drug-likeness (QED) is 0.187. The summed E-state index contributed by atoms with van der Waals surface area (Å²) in [5.74, 6) is 1.87. The van der Waals surface area contributed by atoms with Crippen LogP contribution in [0.5, 0.6) is 11.5 Å². The van der Waals surface area contributed by atoms with E-state index >= 15 is 0 Å². The maximum absolute atomic E-state index is 6.32. The largest absolute Gasteiger partial charge is 0.457 e. The van der Waals surface area contributed by atoms with E-state index in [1.165, 1.54) is 44.5 Å². The second-order valence-electron chi connectivity index (χ2n) is 12.6. The summed E-state index contributed by atoms with van der Waals surface area (Å²) < 4.78 is 6.32. The smallest absolute Gasteiger partial charge is 0.131 e. The Balaban J connectivity index is 1.15. The molecule has 1 heterocycles. The van der Waals surface area contributed by atoms with E-state index in [2.05, 4.69) is 189 Å². The molecule has 0 spiro atoms. The van der Waals surface area contributed by atoms with Crippen molar-refractivity contribution in [1.29, 1.82) is 0 Å². The molecule has 0 atom stereocenters. The van der Waals surface area contributed by atoms with Crippen LogP contribution in [0.25, 0.3) is 33.4 Å². The minimum absolute atomic E-state index is 0.158. The van der Waals surface area contributed by atoms with E-state index in [0.29, 0.717) is 0 Å². The predicted molar refractivity (Wildman–Crippen MR) is 196 cm³/mol. The number of para-hydroxylation sites is 1. The fourth-order valence-electron chi connectivity index (χ4n) is 6.74. The molecule has 0 aromatic heterocycles. The van der Waals surface area contributed by atoms with E-state index in [9.17, 15) is 0 Å². The molecular formula is C45H35NO. The fraction of sp³-hybridized carbons (Fsp3) is 0.0667. The molecule has 1 aliphatic heterocycles. The molecular weight excluding hydrogens is 571 g/mol. The zero-order valence-electron chi connectivity index (χ0n) is 26.6. The first kappa shape index (κ1) is 28.6. The molecule has 226 valence electrons. The zero-order chi connectivity index (χ0) is 31.8. The van der Waals surface area contributed by atoms with Gasteiger partial charge in [-0.15, -0.1) is 0 Å². The number of hydrogen-bond donors (Lipinski definition) is 0. The Morgan fingerprint density at radius 2 is 0.745 bits per heavy atom. The maximum atomic E-state index is 6.32. The van der Waals surface area contributed by atoms with Gasteiger partial charge in [-0.05, 0) is 88.0 Å². The lowest BCUT2D eigenvalue weighted by Gasteiger charge is -2.34. The number of fused-ring (bicyclic) bond motifs is 2. The third-order valence-corrected chi connectivity index (χ3v) is 9.36. The van der Waals surface area contributed by atoms with E-state index in [1.54, 1.807) is 0 Å². The molecule has 1 aliphatic rings. The summed E-state index contributed by atoms with van der Waals surface area (Å²) in [5, 5.41) is 0. The Kier molecular flexibility index (Phi) is 7.19. The Bertz CT molecular complexity index is 2070. The molecule has 47 heavy (non-hydrogen) atoms. The Labute approximate surface area is 277 Å². The molecule has 8 rings (SSSR count). The minimum atomic E-state index is -0.158. The van der Waals surface area contributed by atoms with Gasteiger partial charge in [-0.1, -0.05) is 135 Å². The van der Waals surface area contributed by atoms with Crippen molar-refractivity contribution in [2.24, 2.45) is 0 Å². The van der Waals surface area contributed by atoms with Crippen LogP contribution >= 0.6 is 0 Å². The van der Waals surface area contributed by atoms with Gasteiger partial charge in [-0.25, -0.2) is 0 Å². The van der Waals surface area contributed by atoms with Crippen molar-refractivity contribution in [3.05, 3.63) is 187 Å². The normalized spacial score (nSPS) is 12.8. The molecule has 0 radical (unpaired) electrons. The SMILES string of the molecule is CC1(C)c2ccccc2Oc2ccc(-c3ccc(N(c4ccc(-c5ccccc5)cc4)c4ccc(-c5ccccc5)cc4)cc3)cc21. The summed E-state index contributed by atoms with van der Waals surface area (Å²) in [7, 11) is 0. The van der Waals surface area contributed by atoms with Gasteiger partial charge in [0.15, 0.2) is 0 Å². The molecule has 0 fully saturated rings. The van der Waals surface area contributed by atoms with Crippen molar-refractivity contribution >= 4 is 17.1 Å². The number of benzene rings is 7. The van der Waals surface area contributed by atoms with Crippen LogP contribution in [0.2, 0.25) is 0 Å². The number of ether oxygens (including phenoxy) is 1. The van der Waals surface area contributed by atoms with E-state index in [1.807, 2.05) is 6.07 Å². The summed E-state index contributed by atoms with van der Waals surface area (Å²) in [6.07, 6.45) is 0. The molecule has 0 N–H and O–H groups in total. The first-order valence-corrected chi connectivity index (χ1v) is 16.2. The third kappa shape index (κ3) is 5.38. The molecule has 7 aromatic carbocycles. The Morgan fingerprint density at radius 3 is 1.26 bits per heavy atom. The van der Waals surface area contributed by atoms with Gasteiger partial charge in [-0.2, -0.15) is 0 Å². The van der Waals surface area contributed by atoms with Gasteiger partial charge in [0.25, 0.3) is 0 Å². The Morgan fingerprint density at radius 1 is 0.362 bits per heavy atom. The highest BCUT2D eigenvalue weighted by Crippen LogP contribution is 2.49. The van der Waals surface area contributed by atoms with Crippen molar-refractivity contribution in [3.63, 3.8) is 0 Å². The lowest BCUT2D eigenvalue weighted by Crippen LogP contribution is -2.24. The first-order valence-electron chi connectivity index (χ1n) is 16.2. The molecule has 0 bridgehead atoms. The summed E-state index contributed by atoms with van der Waals surface area (Å²) >= 11 is 0. The molecule has 2 heteroatoms. The molecule has 0 unspecified atom stereocenters. The van der Waals surface area contributed by atoms with Gasteiger partial charge < -0.3 is 9.64 Å². The van der Waals surface area contributed by atoms with E-state index in [4.69, 9.17) is 4.74 Å². The highest BCUT2D eigenvalue weighted by atomic mass is 16.5. The van der Waals surface area contributed by atoms with Gasteiger partial charge in [0.2, 0.25) is 0 Å². The van der Waals surface area contributed by atoms with Gasteiger partial charge in [0.1, 0.15) is 11.5 Å². The van der Waals surface area contributed by atoms with E-state index < -0.39 is 0 Å². The van der Waals surface area contributed by atoms with E-state index in [0.717, 1.165) is 28.6 Å². The molecule has 0 amide bonds. The topological polar surface area (TPSA) is 12.5 Å². The van der Waals surface area contributed by atoms with Crippen molar-refractivity contribution in [2.75, 3.05) is 4.90 Å². The van der Waals surface area contributed by atoms with Crippen molar-refractivity contribution in [2.45, 2.75) is 19.3 Å². The van der Waals surface area contributed by atoms with Crippen LogP contribution in [0.3, 0.4) is 0 Å². The summed E-state index contributed by atoms with van der Waals surface area (Å²) in [5.41, 5.74) is 12.8. The standard InChI is InChI=1S/C45H35NO/c1-45(2)41-15-9-10-16-43(41)47-44-30-23-37(31-42(44)45)36-21-28-40(29-22-36)46(38-24-17-34(18-25-38)32-11-5-3-6-12-32)39-26-19-35(20-27-39)33-13-7-4-8-14-33/h3-31H,1-2H3. The monoisotopic (exact) mass is 605 g/mol. The van der Waals surface area contributed by atoms with E-state index in [-0.39, 0.29) is 5.41 Å². The van der Waals surface area contributed by atoms with Gasteiger partial charge in [0.05, 0.1) is 0 Å². The number of rotatable bonds is 6. The highest BCUT2D eigenvalue weighted by Gasteiger charge is 2.34. The van der Waals surface area contributed by atoms with Crippen LogP contribution in [0, 0.1) is 0 Å². The van der Waals surface area contributed by atoms with Crippen LogP contribution in [0.1, 0.15) is 25.0 Å². The average molecular weight is 606 g/mol. The van der Waals surface area contributed by atoms with Crippen LogP contribution in [0.15, 0.2) is 176 Å². The molecule has 2 nitrogen and oxygen atoms in total. The molecule has 7 aromatic rings. The Hall–Kier alpha value is -5.86. The molecule has 0 aliphatic carbocycles. The fourth-order valence-corrected chi connectivity index (χ4v) is 6.74. The van der Waals surface area contributed by atoms with Crippen molar-refractivity contribution in [3.8, 4) is 44.9 Å². The second-order valence-corrected chi connectivity index (χ2v) is 12.6. The first-order chi connectivity index (χ1) is 23.0. The molecule has 0 saturated carbocycles. The van der Waals surface area contributed by atoms with Crippen LogP contribution in [-0.4, -0.2) is 0 Å². The van der Waals surface area contributed by atoms with Crippen LogP contribution in [-0.2, 0) is 5.41 Å². The lowest BCUT2D eigenvalue weighted by molar-refractivity contribution is 0.418. The summed E-state index contributed by atoms with van der Waals surface area (Å²) in [6, 6.07) is 62.6. The van der Waals surface area contributed by atoms with Gasteiger partial charge in [-0.3, -0.25) is 0 Å². The number of nitrogens with zero attached hydrogens (tertiary/aromatic N) is 1. The highest BCUT2D eigenvalue weighted by molar-refractivity contribution is 5.81. The van der Waals surface area contributed by atoms with Crippen molar-refractivity contribution in [1.82, 2.24) is 0 Å². The second kappa shape index (κ2) is 11.8. The van der Waals surface area contributed by atoms with Crippen molar-refractivity contribution < 1.29 is 4.74 Å². The zero-order valence-corrected chi connectivity index (χ0v) is 26.6. The summed E-state index contributed by atoms with van der Waals surface area (Å²) in [4.78, 5) is 2.33. The molecule has 0 saturated heterocycles. The lowest BCUT2D eigenvalue weighted by atomic mass is 9.75. The predicted octanol–water partition coefficient (Wildman–Crippen LogP) is 12.6. The maximum Gasteiger partial charge on any atom is 0.131 e. The minimum Gasteiger partial charge on any atom is -0.457 e.